The summed E-state index contributed by atoms with van der Waals surface area (Å²) in [6.07, 6.45) is 7.28. The molecule has 5 nitrogen and oxygen atoms in total. The highest BCUT2D eigenvalue weighted by molar-refractivity contribution is 5.97. The van der Waals surface area contributed by atoms with Gasteiger partial charge in [-0.2, -0.15) is 0 Å². The highest BCUT2D eigenvalue weighted by Gasteiger charge is 2.13. The minimum absolute atomic E-state index is 0.123. The summed E-state index contributed by atoms with van der Waals surface area (Å²) in [6, 6.07) is 5.28. The number of anilines is 1. The van der Waals surface area contributed by atoms with Gasteiger partial charge in [0.1, 0.15) is 5.75 Å². The van der Waals surface area contributed by atoms with Gasteiger partial charge in [0.25, 0.3) is 5.91 Å². The summed E-state index contributed by atoms with van der Waals surface area (Å²) >= 11 is 0. The molecular weight excluding hydrogens is 326 g/mol. The Morgan fingerprint density at radius 2 is 1.77 bits per heavy atom. The van der Waals surface area contributed by atoms with Gasteiger partial charge in [-0.15, -0.1) is 0 Å². The smallest absolute Gasteiger partial charge is 0.255 e. The summed E-state index contributed by atoms with van der Waals surface area (Å²) in [4.78, 5) is 14.8. The number of nitrogen functional groups attached to an aromatic ring is 1. The molecule has 0 saturated heterocycles. The molecule has 0 aromatic heterocycles. The number of nitrogens with two attached hydrogens (primary N) is 1. The highest BCUT2D eigenvalue weighted by Crippen LogP contribution is 2.22. The Bertz CT molecular complexity index is 516. The van der Waals surface area contributed by atoms with E-state index in [-0.39, 0.29) is 5.91 Å². The number of nitrogens with one attached hydrogen (secondary N) is 1. The molecule has 1 amide bonds. The number of ether oxygens (including phenoxy) is 1. The van der Waals surface area contributed by atoms with Crippen LogP contribution in [0.15, 0.2) is 18.2 Å². The number of carbonyl (C=O) groups is 1. The van der Waals surface area contributed by atoms with Crippen LogP contribution in [0.5, 0.6) is 5.75 Å². The van der Waals surface area contributed by atoms with Crippen LogP contribution in [0, 0.1) is 0 Å². The van der Waals surface area contributed by atoms with Crippen molar-refractivity contribution >= 4 is 11.6 Å². The number of amides is 1. The zero-order valence-electron chi connectivity index (χ0n) is 16.9. The Kier molecular flexibility index (Phi) is 11.5. The van der Waals surface area contributed by atoms with E-state index >= 15 is 0 Å². The summed E-state index contributed by atoms with van der Waals surface area (Å²) in [5, 5.41) is 2.97. The van der Waals surface area contributed by atoms with E-state index in [0.717, 1.165) is 26.1 Å². The van der Waals surface area contributed by atoms with Crippen LogP contribution in [-0.2, 0) is 0 Å². The Morgan fingerprint density at radius 3 is 2.46 bits per heavy atom. The van der Waals surface area contributed by atoms with Gasteiger partial charge in [0, 0.05) is 18.8 Å². The molecule has 26 heavy (non-hydrogen) atoms. The lowest BCUT2D eigenvalue weighted by Gasteiger charge is -2.18. The van der Waals surface area contributed by atoms with E-state index in [0.29, 0.717) is 30.2 Å². The van der Waals surface area contributed by atoms with Crippen molar-refractivity contribution in [1.82, 2.24) is 10.2 Å². The molecule has 1 aromatic rings. The number of likely N-dealkylation sites (N-methyl/N-ethyl adjacent to an activating group) is 1. The molecule has 0 bridgehead atoms. The quantitative estimate of drug-likeness (QED) is 0.386. The van der Waals surface area contributed by atoms with Gasteiger partial charge in [-0.25, -0.2) is 0 Å². The van der Waals surface area contributed by atoms with E-state index in [1.165, 1.54) is 32.1 Å². The predicted molar refractivity (Wildman–Crippen MR) is 110 cm³/mol. The molecule has 0 unspecified atom stereocenters. The molecule has 0 saturated carbocycles. The molecule has 3 N–H and O–H groups in total. The van der Waals surface area contributed by atoms with E-state index in [4.69, 9.17) is 10.5 Å². The monoisotopic (exact) mass is 363 g/mol. The zero-order valence-corrected chi connectivity index (χ0v) is 16.9. The predicted octanol–water partition coefficient (Wildman–Crippen LogP) is 4.08. The number of carbonyl (C=O) groups excluding carboxylic acids is 1. The first-order valence-corrected chi connectivity index (χ1v) is 10.1. The molecule has 0 fully saturated rings. The van der Waals surface area contributed by atoms with Crippen LogP contribution < -0.4 is 15.8 Å². The van der Waals surface area contributed by atoms with Gasteiger partial charge in [0.15, 0.2) is 0 Å². The second-order valence-corrected chi connectivity index (χ2v) is 6.65. The minimum Gasteiger partial charge on any atom is -0.493 e. The van der Waals surface area contributed by atoms with Crippen LogP contribution in [0.4, 0.5) is 5.69 Å². The molecule has 1 aromatic carbocycles. The van der Waals surface area contributed by atoms with Crippen molar-refractivity contribution in [1.29, 1.82) is 0 Å². The van der Waals surface area contributed by atoms with Gasteiger partial charge in [-0.05, 0) is 37.7 Å². The van der Waals surface area contributed by atoms with Crippen molar-refractivity contribution in [2.75, 3.05) is 38.5 Å². The van der Waals surface area contributed by atoms with E-state index in [1.54, 1.807) is 18.2 Å². The molecule has 0 aliphatic heterocycles. The second-order valence-electron chi connectivity index (χ2n) is 6.65. The standard InChI is InChI=1S/C21H37N3O2/c1-4-7-8-9-10-11-16-26-20-13-12-18(22)17-19(20)21(25)23-14-15-24(5-2)6-3/h12-13,17H,4-11,14-16,22H2,1-3H3,(H,23,25). The fraction of sp³-hybridized carbons (Fsp3) is 0.667. The summed E-state index contributed by atoms with van der Waals surface area (Å²) in [5.74, 6) is 0.496. The number of rotatable bonds is 14. The molecule has 148 valence electrons. The maximum atomic E-state index is 12.5. The van der Waals surface area contributed by atoms with Crippen molar-refractivity contribution in [3.63, 3.8) is 0 Å². The molecule has 0 spiro atoms. The molecule has 0 atom stereocenters. The minimum atomic E-state index is -0.123. The van der Waals surface area contributed by atoms with Crippen molar-refractivity contribution in [3.8, 4) is 5.75 Å². The molecule has 0 radical (unpaired) electrons. The lowest BCUT2D eigenvalue weighted by molar-refractivity contribution is 0.0944. The van der Waals surface area contributed by atoms with Gasteiger partial charge in [0.2, 0.25) is 0 Å². The van der Waals surface area contributed by atoms with Crippen LogP contribution in [0.25, 0.3) is 0 Å². The average Bonchev–Trinajstić information content (AvgIpc) is 2.65. The molecule has 5 heteroatoms. The SMILES string of the molecule is CCCCCCCCOc1ccc(N)cc1C(=O)NCCN(CC)CC. The number of benzene rings is 1. The molecular formula is C21H37N3O2. The van der Waals surface area contributed by atoms with Gasteiger partial charge in [0.05, 0.1) is 12.2 Å². The summed E-state index contributed by atoms with van der Waals surface area (Å²) in [5.41, 5.74) is 6.96. The number of nitrogens with zero attached hydrogens (tertiary/aromatic N) is 1. The molecule has 1 rings (SSSR count). The molecule has 0 aliphatic rings. The summed E-state index contributed by atoms with van der Waals surface area (Å²) < 4.78 is 5.86. The third-order valence-electron chi connectivity index (χ3n) is 4.61. The highest BCUT2D eigenvalue weighted by atomic mass is 16.5. The number of hydrogen-bond donors (Lipinski definition) is 2. The Morgan fingerprint density at radius 1 is 1.08 bits per heavy atom. The normalized spacial score (nSPS) is 10.9. The maximum absolute atomic E-state index is 12.5. The van der Waals surface area contributed by atoms with Gasteiger partial charge >= 0.3 is 0 Å². The third kappa shape index (κ3) is 8.56. The van der Waals surface area contributed by atoms with Crippen LogP contribution in [0.3, 0.4) is 0 Å². The van der Waals surface area contributed by atoms with Crippen molar-refractivity contribution in [2.24, 2.45) is 0 Å². The van der Waals surface area contributed by atoms with E-state index in [2.05, 4.69) is 31.0 Å². The first-order valence-electron chi connectivity index (χ1n) is 10.1. The van der Waals surface area contributed by atoms with E-state index < -0.39 is 0 Å². The van der Waals surface area contributed by atoms with Gasteiger partial charge in [-0.3, -0.25) is 4.79 Å². The van der Waals surface area contributed by atoms with Gasteiger partial charge < -0.3 is 20.7 Å². The van der Waals surface area contributed by atoms with Crippen LogP contribution in [-0.4, -0.2) is 43.6 Å². The van der Waals surface area contributed by atoms with Crippen LogP contribution in [0.2, 0.25) is 0 Å². The second kappa shape index (κ2) is 13.5. The summed E-state index contributed by atoms with van der Waals surface area (Å²) in [7, 11) is 0. The average molecular weight is 364 g/mol. The van der Waals surface area contributed by atoms with Crippen molar-refractivity contribution in [2.45, 2.75) is 59.3 Å². The van der Waals surface area contributed by atoms with Crippen molar-refractivity contribution in [3.05, 3.63) is 23.8 Å². The fourth-order valence-electron chi connectivity index (χ4n) is 2.88. The first-order chi connectivity index (χ1) is 12.6. The lowest BCUT2D eigenvalue weighted by atomic mass is 10.1. The van der Waals surface area contributed by atoms with E-state index in [9.17, 15) is 4.79 Å². The molecule has 0 heterocycles. The van der Waals surface area contributed by atoms with Crippen molar-refractivity contribution < 1.29 is 9.53 Å². The topological polar surface area (TPSA) is 67.6 Å². The fourth-order valence-corrected chi connectivity index (χ4v) is 2.88. The first kappa shape index (κ1) is 22.3. The Balaban J connectivity index is 2.48. The maximum Gasteiger partial charge on any atom is 0.255 e. The number of unbranched alkanes of at least 4 members (excludes halogenated alkanes) is 5. The largest absolute Gasteiger partial charge is 0.493 e. The Labute approximate surface area is 159 Å². The van der Waals surface area contributed by atoms with Crippen LogP contribution in [0.1, 0.15) is 69.7 Å². The Hall–Kier alpha value is -1.75. The molecule has 0 aliphatic carbocycles. The summed E-state index contributed by atoms with van der Waals surface area (Å²) in [6.45, 7) is 10.5. The van der Waals surface area contributed by atoms with E-state index in [1.807, 2.05) is 0 Å². The lowest BCUT2D eigenvalue weighted by Crippen LogP contribution is -2.35. The third-order valence-corrected chi connectivity index (χ3v) is 4.61. The van der Waals surface area contributed by atoms with Crippen LogP contribution >= 0.6 is 0 Å². The number of hydrogen-bond acceptors (Lipinski definition) is 4. The zero-order chi connectivity index (χ0) is 19.2. The van der Waals surface area contributed by atoms with Gasteiger partial charge in [-0.1, -0.05) is 52.9 Å².